The van der Waals surface area contributed by atoms with Crippen molar-refractivity contribution in [2.45, 2.75) is 5.41 Å². The van der Waals surface area contributed by atoms with Crippen LogP contribution in [0.5, 0.6) is 0 Å². The number of hydrogen-bond acceptors (Lipinski definition) is 5. The zero-order valence-electron chi connectivity index (χ0n) is 12.3. The molecular weight excluding hydrogens is 296 g/mol. The van der Waals surface area contributed by atoms with Crippen LogP contribution >= 0.6 is 11.3 Å². The van der Waals surface area contributed by atoms with Crippen molar-refractivity contribution < 1.29 is 4.79 Å². The van der Waals surface area contributed by atoms with Gasteiger partial charge in [-0.15, -0.1) is 11.3 Å². The summed E-state index contributed by atoms with van der Waals surface area (Å²) >= 11 is 1.63. The molecule has 0 radical (unpaired) electrons. The van der Waals surface area contributed by atoms with Gasteiger partial charge >= 0.3 is 0 Å². The van der Waals surface area contributed by atoms with Gasteiger partial charge in [-0.05, 0) is 17.5 Å². The number of anilines is 1. The van der Waals surface area contributed by atoms with Gasteiger partial charge in [0.25, 0.3) is 0 Å². The molecule has 2 aromatic rings. The van der Waals surface area contributed by atoms with Gasteiger partial charge in [-0.3, -0.25) is 9.78 Å². The fourth-order valence-electron chi connectivity index (χ4n) is 3.32. The lowest BCUT2D eigenvalue weighted by molar-refractivity contribution is -0.133. The van der Waals surface area contributed by atoms with Gasteiger partial charge in [0.2, 0.25) is 5.91 Å². The molecule has 6 heteroatoms. The van der Waals surface area contributed by atoms with Crippen LogP contribution in [0.2, 0.25) is 0 Å². The first-order valence-corrected chi connectivity index (χ1v) is 8.09. The van der Waals surface area contributed by atoms with Crippen LogP contribution < -0.4 is 4.90 Å². The highest BCUT2D eigenvalue weighted by atomic mass is 32.1. The molecular formula is C16H16N4OS. The highest BCUT2D eigenvalue weighted by Crippen LogP contribution is 2.43. The van der Waals surface area contributed by atoms with E-state index in [1.807, 2.05) is 35.5 Å². The summed E-state index contributed by atoms with van der Waals surface area (Å²) in [7, 11) is 2.03. The summed E-state index contributed by atoms with van der Waals surface area (Å²) in [6.45, 7) is 2.32. The summed E-state index contributed by atoms with van der Waals surface area (Å²) in [6, 6.07) is 3.99. The first kappa shape index (κ1) is 13.5. The van der Waals surface area contributed by atoms with Crippen molar-refractivity contribution in [1.82, 2.24) is 14.9 Å². The summed E-state index contributed by atoms with van der Waals surface area (Å²) in [5, 5.41) is 2.01. The molecule has 22 heavy (non-hydrogen) atoms. The molecule has 0 atom stereocenters. The van der Waals surface area contributed by atoms with Crippen molar-refractivity contribution in [2.75, 3.05) is 31.6 Å². The van der Waals surface area contributed by atoms with Crippen LogP contribution in [0.4, 0.5) is 5.82 Å². The lowest BCUT2D eigenvalue weighted by Crippen LogP contribution is -2.62. The molecule has 0 bridgehead atoms. The molecule has 112 valence electrons. The Morgan fingerprint density at radius 1 is 1.32 bits per heavy atom. The molecule has 0 aromatic carbocycles. The van der Waals surface area contributed by atoms with E-state index < -0.39 is 0 Å². The monoisotopic (exact) mass is 312 g/mol. The van der Waals surface area contributed by atoms with Crippen molar-refractivity contribution in [3.05, 3.63) is 46.6 Å². The summed E-state index contributed by atoms with van der Waals surface area (Å²) in [4.78, 5) is 26.3. The van der Waals surface area contributed by atoms with E-state index in [1.54, 1.807) is 29.8 Å². The van der Waals surface area contributed by atoms with Crippen molar-refractivity contribution in [3.63, 3.8) is 0 Å². The highest BCUT2D eigenvalue weighted by molar-refractivity contribution is 7.10. The number of fused-ring (bicyclic) bond motifs is 2. The lowest BCUT2D eigenvalue weighted by atomic mass is 9.78. The smallest absolute Gasteiger partial charge is 0.246 e. The number of nitrogens with zero attached hydrogens (tertiary/aromatic N) is 4. The maximum absolute atomic E-state index is 12.2. The zero-order valence-corrected chi connectivity index (χ0v) is 13.1. The minimum Gasteiger partial charge on any atom is -0.357 e. The largest absolute Gasteiger partial charge is 0.357 e. The Morgan fingerprint density at radius 2 is 2.14 bits per heavy atom. The molecule has 0 saturated carbocycles. The molecule has 1 amide bonds. The standard InChI is InChI=1S/C16H16N4OS/c1-19-9-16(14-15(19)18-7-6-17-14)10-20(11-16)13(21)5-4-12-3-2-8-22-12/h2-8H,9-11H2,1H3/b5-4+. The molecule has 2 aliphatic heterocycles. The summed E-state index contributed by atoms with van der Waals surface area (Å²) < 4.78 is 0. The first-order valence-electron chi connectivity index (χ1n) is 7.21. The van der Waals surface area contributed by atoms with Crippen molar-refractivity contribution in [3.8, 4) is 0 Å². The Labute approximate surface area is 132 Å². The van der Waals surface area contributed by atoms with Gasteiger partial charge < -0.3 is 9.80 Å². The zero-order chi connectivity index (χ0) is 15.2. The maximum atomic E-state index is 12.2. The number of likely N-dealkylation sites (tertiary alicyclic amines) is 1. The van der Waals surface area contributed by atoms with Crippen molar-refractivity contribution in [1.29, 1.82) is 0 Å². The Kier molecular flexibility index (Phi) is 3.00. The Balaban J connectivity index is 1.47. The molecule has 2 aromatic heterocycles. The number of rotatable bonds is 2. The number of carbonyl (C=O) groups is 1. The topological polar surface area (TPSA) is 49.3 Å². The van der Waals surface area contributed by atoms with E-state index in [1.165, 1.54) is 0 Å². The van der Waals surface area contributed by atoms with Crippen molar-refractivity contribution in [2.24, 2.45) is 0 Å². The summed E-state index contributed by atoms with van der Waals surface area (Å²) in [5.74, 6) is 1.02. The van der Waals surface area contributed by atoms with Crippen LogP contribution in [0.1, 0.15) is 10.6 Å². The third-order valence-electron chi connectivity index (χ3n) is 4.31. The van der Waals surface area contributed by atoms with Gasteiger partial charge in [0.05, 0.1) is 11.1 Å². The number of hydrogen-bond donors (Lipinski definition) is 0. The highest BCUT2D eigenvalue weighted by Gasteiger charge is 2.53. The van der Waals surface area contributed by atoms with Crippen LogP contribution in [-0.2, 0) is 10.2 Å². The van der Waals surface area contributed by atoms with Crippen LogP contribution in [0.15, 0.2) is 36.0 Å². The SMILES string of the molecule is CN1CC2(CN(C(=O)/C=C/c3cccs3)C2)c2nccnc21. The third kappa shape index (κ3) is 2.02. The van der Waals surface area contributed by atoms with Crippen molar-refractivity contribution >= 4 is 29.1 Å². The molecule has 0 unspecified atom stereocenters. The first-order chi connectivity index (χ1) is 10.7. The fraction of sp³-hybridized carbons (Fsp3) is 0.312. The average molecular weight is 312 g/mol. The quantitative estimate of drug-likeness (QED) is 0.793. The molecule has 0 N–H and O–H groups in total. The van der Waals surface area contributed by atoms with Gasteiger partial charge in [-0.25, -0.2) is 4.98 Å². The summed E-state index contributed by atoms with van der Waals surface area (Å²) in [6.07, 6.45) is 7.00. The number of thiophene rings is 1. The van der Waals surface area contributed by atoms with E-state index in [0.717, 1.165) is 36.0 Å². The van der Waals surface area contributed by atoms with Crippen LogP contribution in [0, 0.1) is 0 Å². The summed E-state index contributed by atoms with van der Waals surface area (Å²) in [5.41, 5.74) is 0.994. The van der Waals surface area contributed by atoms with Gasteiger partial charge in [0, 0.05) is 50.0 Å². The number of carbonyl (C=O) groups excluding carboxylic acids is 1. The molecule has 4 heterocycles. The van der Waals surface area contributed by atoms with E-state index in [0.29, 0.717) is 0 Å². The maximum Gasteiger partial charge on any atom is 0.246 e. The Morgan fingerprint density at radius 3 is 2.91 bits per heavy atom. The van der Waals surface area contributed by atoms with Crippen LogP contribution in [0.25, 0.3) is 6.08 Å². The molecule has 2 aliphatic rings. The van der Waals surface area contributed by atoms with E-state index in [-0.39, 0.29) is 11.3 Å². The van der Waals surface area contributed by atoms with Crippen LogP contribution in [-0.4, -0.2) is 47.5 Å². The minimum atomic E-state index is -0.0369. The number of aromatic nitrogens is 2. The molecule has 1 saturated heterocycles. The van der Waals surface area contributed by atoms with Gasteiger partial charge in [-0.2, -0.15) is 0 Å². The van der Waals surface area contributed by atoms with Gasteiger partial charge in [0.15, 0.2) is 5.82 Å². The lowest BCUT2D eigenvalue weighted by Gasteiger charge is -2.47. The third-order valence-corrected chi connectivity index (χ3v) is 5.15. The fourth-order valence-corrected chi connectivity index (χ4v) is 3.94. The predicted octanol–water partition coefficient (Wildman–Crippen LogP) is 1.78. The Hall–Kier alpha value is -2.21. The second-order valence-electron chi connectivity index (χ2n) is 5.91. The second kappa shape index (κ2) is 4.91. The number of likely N-dealkylation sites (N-methyl/N-ethyl adjacent to an activating group) is 1. The average Bonchev–Trinajstić information content (AvgIpc) is 3.10. The van der Waals surface area contributed by atoms with Crippen LogP contribution in [0.3, 0.4) is 0 Å². The molecule has 4 rings (SSSR count). The molecule has 1 spiro atoms. The molecule has 5 nitrogen and oxygen atoms in total. The molecule has 0 aliphatic carbocycles. The molecule has 1 fully saturated rings. The van der Waals surface area contributed by atoms with E-state index >= 15 is 0 Å². The predicted molar refractivity (Wildman–Crippen MR) is 86.9 cm³/mol. The van der Waals surface area contributed by atoms with E-state index in [4.69, 9.17) is 0 Å². The van der Waals surface area contributed by atoms with Gasteiger partial charge in [0.1, 0.15) is 0 Å². The Bertz CT molecular complexity index is 734. The minimum absolute atomic E-state index is 0.0369. The van der Waals surface area contributed by atoms with Gasteiger partial charge in [-0.1, -0.05) is 6.07 Å². The number of amides is 1. The second-order valence-corrected chi connectivity index (χ2v) is 6.89. The van der Waals surface area contributed by atoms with E-state index in [9.17, 15) is 4.79 Å². The normalized spacial score (nSPS) is 18.8. The van der Waals surface area contributed by atoms with E-state index in [2.05, 4.69) is 14.9 Å².